The van der Waals surface area contributed by atoms with E-state index in [-0.39, 0.29) is 5.96 Å². The van der Waals surface area contributed by atoms with Crippen LogP contribution < -0.4 is 11.5 Å². The second kappa shape index (κ2) is 14.0. The van der Waals surface area contributed by atoms with Crippen LogP contribution in [-0.2, 0) is 0 Å². The Morgan fingerprint density at radius 1 is 0.516 bits per heavy atom. The molecule has 3 rings (SSSR count). The average molecular weight is 432 g/mol. The van der Waals surface area contributed by atoms with Crippen molar-refractivity contribution in [2.24, 2.45) is 21.5 Å². The molecule has 3 saturated carbocycles. The molecule has 0 aliphatic heterocycles. The largest absolute Gasteiger partial charge is 0.370 e. The van der Waals surface area contributed by atoms with Gasteiger partial charge in [-0.15, -0.1) is 0 Å². The number of aliphatic imine (C=N–C) groups is 2. The first kappa shape index (κ1) is 24.4. The molecule has 3 aliphatic rings. The highest BCUT2D eigenvalue weighted by Crippen LogP contribution is 2.30. The Labute approximate surface area is 191 Å². The molecule has 178 valence electrons. The lowest BCUT2D eigenvalue weighted by atomic mass is 9.90. The SMILES string of the molecule is NC(N)=NC(=NC1CCCCCCC1)N(C1CCCCCCC1)C1CCCCCCC1. The zero-order valence-electron chi connectivity index (χ0n) is 20.1. The van der Waals surface area contributed by atoms with E-state index in [1.165, 1.54) is 135 Å². The van der Waals surface area contributed by atoms with Crippen molar-refractivity contribution in [2.75, 3.05) is 0 Å². The lowest BCUT2D eigenvalue weighted by Crippen LogP contribution is -2.48. The fraction of sp³-hybridized carbons (Fsp3) is 0.923. The number of nitrogens with two attached hydrogens (primary N) is 2. The zero-order valence-corrected chi connectivity index (χ0v) is 20.1. The average Bonchev–Trinajstić information content (AvgIpc) is 2.66. The van der Waals surface area contributed by atoms with Gasteiger partial charge < -0.3 is 16.4 Å². The molecular weight excluding hydrogens is 382 g/mol. The van der Waals surface area contributed by atoms with E-state index in [4.69, 9.17) is 21.5 Å². The van der Waals surface area contributed by atoms with Crippen LogP contribution in [0.15, 0.2) is 9.98 Å². The lowest BCUT2D eigenvalue weighted by Gasteiger charge is -2.41. The summed E-state index contributed by atoms with van der Waals surface area (Å²) in [6.45, 7) is 0. The maximum Gasteiger partial charge on any atom is 0.224 e. The topological polar surface area (TPSA) is 80.0 Å². The number of nitrogens with zero attached hydrogens (tertiary/aromatic N) is 3. The van der Waals surface area contributed by atoms with Gasteiger partial charge in [-0.3, -0.25) is 0 Å². The predicted octanol–water partition coefficient (Wildman–Crippen LogP) is 6.26. The molecular formula is C26H49N5. The monoisotopic (exact) mass is 431 g/mol. The standard InChI is InChI=1S/C26H49N5/c27-25(28)30-26(29-22-16-10-4-1-5-11-17-22)31(23-18-12-6-2-7-13-19-23)24-20-14-8-3-9-15-21-24/h22-24H,1-21H2,(H4,27,28,29,30). The van der Waals surface area contributed by atoms with Crippen LogP contribution >= 0.6 is 0 Å². The van der Waals surface area contributed by atoms with Gasteiger partial charge in [0.1, 0.15) is 0 Å². The van der Waals surface area contributed by atoms with Crippen molar-refractivity contribution < 1.29 is 0 Å². The molecule has 0 bridgehead atoms. The Balaban J connectivity index is 1.90. The molecule has 4 N–H and O–H groups in total. The van der Waals surface area contributed by atoms with Crippen LogP contribution in [0, 0.1) is 0 Å². The van der Waals surface area contributed by atoms with Crippen molar-refractivity contribution >= 4 is 11.9 Å². The summed E-state index contributed by atoms with van der Waals surface area (Å²) in [4.78, 5) is 12.7. The van der Waals surface area contributed by atoms with Crippen LogP contribution in [-0.4, -0.2) is 34.9 Å². The number of hydrogen-bond donors (Lipinski definition) is 2. The molecule has 0 aromatic rings. The molecule has 0 atom stereocenters. The summed E-state index contributed by atoms with van der Waals surface area (Å²) >= 11 is 0. The highest BCUT2D eigenvalue weighted by Gasteiger charge is 2.30. The van der Waals surface area contributed by atoms with Crippen LogP contribution in [0.2, 0.25) is 0 Å². The third-order valence-corrected chi connectivity index (χ3v) is 7.77. The molecule has 0 aromatic carbocycles. The van der Waals surface area contributed by atoms with Gasteiger partial charge in [0.2, 0.25) is 5.96 Å². The van der Waals surface area contributed by atoms with Gasteiger partial charge in [-0.25, -0.2) is 4.99 Å². The van der Waals surface area contributed by atoms with Crippen LogP contribution in [0.1, 0.15) is 135 Å². The van der Waals surface area contributed by atoms with Gasteiger partial charge >= 0.3 is 0 Å². The van der Waals surface area contributed by atoms with Gasteiger partial charge in [0.05, 0.1) is 6.04 Å². The van der Waals surface area contributed by atoms with E-state index in [1.54, 1.807) is 0 Å². The molecule has 0 heterocycles. The first-order valence-corrected chi connectivity index (χ1v) is 13.7. The first-order valence-electron chi connectivity index (χ1n) is 13.7. The van der Waals surface area contributed by atoms with Gasteiger partial charge in [0.15, 0.2) is 5.96 Å². The fourth-order valence-corrected chi connectivity index (χ4v) is 6.05. The van der Waals surface area contributed by atoms with Crippen LogP contribution in [0.4, 0.5) is 0 Å². The van der Waals surface area contributed by atoms with E-state index in [2.05, 4.69) is 4.90 Å². The molecule has 0 saturated heterocycles. The van der Waals surface area contributed by atoms with Gasteiger partial charge in [0.25, 0.3) is 0 Å². The smallest absolute Gasteiger partial charge is 0.224 e. The molecule has 3 fully saturated rings. The quantitative estimate of drug-likeness (QED) is 0.409. The summed E-state index contributed by atoms with van der Waals surface area (Å²) < 4.78 is 0. The van der Waals surface area contributed by atoms with Crippen molar-refractivity contribution in [3.63, 3.8) is 0 Å². The van der Waals surface area contributed by atoms with Crippen molar-refractivity contribution in [1.29, 1.82) is 0 Å². The molecule has 0 amide bonds. The summed E-state index contributed by atoms with van der Waals surface area (Å²) in [5, 5.41) is 0. The van der Waals surface area contributed by atoms with E-state index < -0.39 is 0 Å². The highest BCUT2D eigenvalue weighted by atomic mass is 15.3. The number of guanidine groups is 2. The first-order chi connectivity index (χ1) is 15.2. The van der Waals surface area contributed by atoms with Gasteiger partial charge in [-0.05, 0) is 38.5 Å². The Bertz CT molecular complexity index is 508. The molecule has 0 unspecified atom stereocenters. The number of rotatable bonds is 3. The molecule has 0 spiro atoms. The Kier molecular flexibility index (Phi) is 11.0. The second-order valence-corrected chi connectivity index (χ2v) is 10.4. The molecule has 31 heavy (non-hydrogen) atoms. The minimum Gasteiger partial charge on any atom is -0.370 e. The van der Waals surface area contributed by atoms with Crippen molar-refractivity contribution in [1.82, 2.24) is 4.90 Å². The van der Waals surface area contributed by atoms with E-state index in [0.717, 1.165) is 5.96 Å². The third-order valence-electron chi connectivity index (χ3n) is 7.77. The number of hydrogen-bond acceptors (Lipinski definition) is 1. The summed E-state index contributed by atoms with van der Waals surface area (Å²) in [6.07, 6.45) is 27.6. The van der Waals surface area contributed by atoms with E-state index in [9.17, 15) is 0 Å². The van der Waals surface area contributed by atoms with E-state index in [1.807, 2.05) is 0 Å². The summed E-state index contributed by atoms with van der Waals surface area (Å²) in [6, 6.07) is 1.46. The molecule has 5 heteroatoms. The maximum absolute atomic E-state index is 5.98. The van der Waals surface area contributed by atoms with Gasteiger partial charge in [-0.1, -0.05) is 96.3 Å². The highest BCUT2D eigenvalue weighted by molar-refractivity contribution is 5.93. The minimum atomic E-state index is 0.172. The fourth-order valence-electron chi connectivity index (χ4n) is 6.05. The van der Waals surface area contributed by atoms with Gasteiger partial charge in [-0.2, -0.15) is 4.99 Å². The molecule has 3 aliphatic carbocycles. The van der Waals surface area contributed by atoms with Crippen LogP contribution in [0.5, 0.6) is 0 Å². The summed E-state index contributed by atoms with van der Waals surface area (Å²) in [5.74, 6) is 1.05. The van der Waals surface area contributed by atoms with Crippen molar-refractivity contribution in [2.45, 2.75) is 153 Å². The maximum atomic E-state index is 5.98. The minimum absolute atomic E-state index is 0.172. The van der Waals surface area contributed by atoms with Crippen LogP contribution in [0.3, 0.4) is 0 Å². The third kappa shape index (κ3) is 8.65. The lowest BCUT2D eigenvalue weighted by molar-refractivity contribution is 0.171. The normalized spacial score (nSPS) is 24.7. The Hall–Kier alpha value is -1.26. The zero-order chi connectivity index (χ0) is 21.7. The molecule has 0 aromatic heterocycles. The Morgan fingerprint density at radius 3 is 1.26 bits per heavy atom. The molecule has 5 nitrogen and oxygen atoms in total. The molecule has 0 radical (unpaired) electrons. The van der Waals surface area contributed by atoms with Crippen molar-refractivity contribution in [3.8, 4) is 0 Å². The predicted molar refractivity (Wildman–Crippen MR) is 133 cm³/mol. The van der Waals surface area contributed by atoms with E-state index >= 15 is 0 Å². The summed E-state index contributed by atoms with van der Waals surface area (Å²) in [7, 11) is 0. The van der Waals surface area contributed by atoms with Crippen molar-refractivity contribution in [3.05, 3.63) is 0 Å². The Morgan fingerprint density at radius 2 is 0.871 bits per heavy atom. The van der Waals surface area contributed by atoms with E-state index in [0.29, 0.717) is 18.1 Å². The second-order valence-electron chi connectivity index (χ2n) is 10.4. The summed E-state index contributed by atoms with van der Waals surface area (Å²) in [5.41, 5.74) is 12.0. The van der Waals surface area contributed by atoms with Gasteiger partial charge in [0, 0.05) is 12.1 Å². The van der Waals surface area contributed by atoms with Crippen LogP contribution in [0.25, 0.3) is 0 Å².